The third-order valence-corrected chi connectivity index (χ3v) is 4.73. The van der Waals surface area contributed by atoms with Crippen LogP contribution in [0.4, 0.5) is 0 Å². The summed E-state index contributed by atoms with van der Waals surface area (Å²) in [5, 5.41) is 0. The summed E-state index contributed by atoms with van der Waals surface area (Å²) >= 11 is 0. The maximum Gasteiger partial charge on any atom is 0.335 e. The molecule has 2 rings (SSSR count). The SMILES string of the molecule is CCOP(=O)(Cc1cccc(Oc2ncccn2)c1)OCC. The second kappa shape index (κ2) is 8.03. The molecular weight excluding hydrogens is 303 g/mol. The molecule has 6 nitrogen and oxygen atoms in total. The van der Waals surface area contributed by atoms with Gasteiger partial charge >= 0.3 is 13.6 Å². The minimum Gasteiger partial charge on any atom is -0.424 e. The van der Waals surface area contributed by atoms with Crippen molar-refractivity contribution in [3.05, 3.63) is 48.3 Å². The average Bonchev–Trinajstić information content (AvgIpc) is 2.49. The summed E-state index contributed by atoms with van der Waals surface area (Å²) in [4.78, 5) is 8.00. The van der Waals surface area contributed by atoms with Crippen molar-refractivity contribution in [1.29, 1.82) is 0 Å². The number of hydrogen-bond donors (Lipinski definition) is 0. The van der Waals surface area contributed by atoms with E-state index >= 15 is 0 Å². The van der Waals surface area contributed by atoms with E-state index < -0.39 is 7.60 Å². The Morgan fingerprint density at radius 1 is 1.05 bits per heavy atom. The molecule has 1 aromatic carbocycles. The van der Waals surface area contributed by atoms with Crippen LogP contribution in [0.1, 0.15) is 19.4 Å². The Hall–Kier alpha value is -1.75. The van der Waals surface area contributed by atoms with Gasteiger partial charge in [0.2, 0.25) is 0 Å². The molecule has 0 unspecified atom stereocenters. The molecule has 0 N–H and O–H groups in total. The Bertz CT molecular complexity index is 626. The molecule has 1 aromatic heterocycles. The number of nitrogens with zero attached hydrogens (tertiary/aromatic N) is 2. The van der Waals surface area contributed by atoms with Gasteiger partial charge in [-0.2, -0.15) is 0 Å². The van der Waals surface area contributed by atoms with Gasteiger partial charge in [-0.25, -0.2) is 9.97 Å². The summed E-state index contributed by atoms with van der Waals surface area (Å²) in [6, 6.07) is 9.20. The smallest absolute Gasteiger partial charge is 0.335 e. The molecule has 0 saturated heterocycles. The zero-order chi connectivity index (χ0) is 15.8. The molecular formula is C15H19N2O4P. The maximum atomic E-state index is 12.5. The Balaban J connectivity index is 2.12. The highest BCUT2D eigenvalue weighted by molar-refractivity contribution is 7.53. The van der Waals surface area contributed by atoms with Gasteiger partial charge in [-0.05, 0) is 37.6 Å². The standard InChI is InChI=1S/C15H19N2O4P/c1-3-19-22(18,20-4-2)12-13-7-5-8-14(11-13)21-15-16-9-6-10-17-15/h5-11H,3-4,12H2,1-2H3. The van der Waals surface area contributed by atoms with Crippen molar-refractivity contribution in [3.63, 3.8) is 0 Å². The molecule has 0 saturated carbocycles. The van der Waals surface area contributed by atoms with Crippen LogP contribution in [0.15, 0.2) is 42.7 Å². The summed E-state index contributed by atoms with van der Waals surface area (Å²) in [7, 11) is -3.13. The summed E-state index contributed by atoms with van der Waals surface area (Å²) in [6.07, 6.45) is 3.40. The summed E-state index contributed by atoms with van der Waals surface area (Å²) in [5.74, 6) is 0.572. The first kappa shape index (κ1) is 16.6. The Kier molecular flexibility index (Phi) is 6.07. The van der Waals surface area contributed by atoms with Gasteiger partial charge in [0.1, 0.15) is 5.75 Å². The zero-order valence-electron chi connectivity index (χ0n) is 12.6. The molecule has 7 heteroatoms. The minimum absolute atomic E-state index is 0.196. The summed E-state index contributed by atoms with van der Waals surface area (Å²) in [6.45, 7) is 4.26. The predicted octanol–water partition coefficient (Wildman–Crippen LogP) is 4.04. The fourth-order valence-corrected chi connectivity index (χ4v) is 3.58. The zero-order valence-corrected chi connectivity index (χ0v) is 13.5. The van der Waals surface area contributed by atoms with Crippen LogP contribution in [0.3, 0.4) is 0 Å². The second-order valence-corrected chi connectivity index (χ2v) is 6.44. The van der Waals surface area contributed by atoms with E-state index in [-0.39, 0.29) is 12.2 Å². The number of rotatable bonds is 8. The maximum absolute atomic E-state index is 12.5. The van der Waals surface area contributed by atoms with Crippen molar-refractivity contribution in [1.82, 2.24) is 9.97 Å². The highest BCUT2D eigenvalue weighted by Gasteiger charge is 2.24. The topological polar surface area (TPSA) is 70.5 Å². The highest BCUT2D eigenvalue weighted by atomic mass is 31.2. The molecule has 0 aliphatic rings. The van der Waals surface area contributed by atoms with Crippen LogP contribution in [-0.4, -0.2) is 23.2 Å². The molecule has 0 bridgehead atoms. The van der Waals surface area contributed by atoms with Gasteiger partial charge in [0.05, 0.1) is 19.4 Å². The van der Waals surface area contributed by atoms with Crippen LogP contribution >= 0.6 is 7.60 Å². The van der Waals surface area contributed by atoms with Crippen LogP contribution in [0, 0.1) is 0 Å². The number of aromatic nitrogens is 2. The van der Waals surface area contributed by atoms with Gasteiger partial charge in [-0.3, -0.25) is 4.57 Å². The van der Waals surface area contributed by atoms with Crippen molar-refractivity contribution < 1.29 is 18.3 Å². The van der Waals surface area contributed by atoms with E-state index in [4.69, 9.17) is 13.8 Å². The first-order valence-electron chi connectivity index (χ1n) is 7.07. The molecule has 0 amide bonds. The van der Waals surface area contributed by atoms with Crippen LogP contribution in [0.5, 0.6) is 11.8 Å². The van der Waals surface area contributed by atoms with Gasteiger partial charge < -0.3 is 13.8 Å². The number of ether oxygens (including phenoxy) is 1. The van der Waals surface area contributed by atoms with Gasteiger partial charge in [0.25, 0.3) is 0 Å². The fourth-order valence-electron chi connectivity index (χ4n) is 1.90. The first-order valence-corrected chi connectivity index (χ1v) is 8.80. The van der Waals surface area contributed by atoms with Crippen LogP contribution in [0.25, 0.3) is 0 Å². The van der Waals surface area contributed by atoms with Gasteiger partial charge in [0, 0.05) is 12.4 Å². The van der Waals surface area contributed by atoms with E-state index in [1.807, 2.05) is 12.1 Å². The Labute approximate surface area is 130 Å². The van der Waals surface area contributed by atoms with Crippen LogP contribution < -0.4 is 4.74 Å². The molecule has 0 radical (unpaired) electrons. The predicted molar refractivity (Wildman–Crippen MR) is 83.1 cm³/mol. The lowest BCUT2D eigenvalue weighted by atomic mass is 10.2. The molecule has 0 fully saturated rings. The van der Waals surface area contributed by atoms with E-state index in [0.717, 1.165) is 5.56 Å². The third kappa shape index (κ3) is 4.91. The molecule has 0 atom stereocenters. The van der Waals surface area contributed by atoms with E-state index in [9.17, 15) is 4.57 Å². The van der Waals surface area contributed by atoms with E-state index in [1.54, 1.807) is 44.4 Å². The number of benzene rings is 1. The molecule has 1 heterocycles. The monoisotopic (exact) mass is 322 g/mol. The van der Waals surface area contributed by atoms with Crippen molar-refractivity contribution in [3.8, 4) is 11.8 Å². The Morgan fingerprint density at radius 2 is 1.73 bits per heavy atom. The summed E-state index contributed by atoms with van der Waals surface area (Å²) < 4.78 is 28.7. The molecule has 0 aliphatic carbocycles. The van der Waals surface area contributed by atoms with Gasteiger partial charge in [-0.15, -0.1) is 0 Å². The molecule has 118 valence electrons. The van der Waals surface area contributed by atoms with E-state index in [2.05, 4.69) is 9.97 Å². The lowest BCUT2D eigenvalue weighted by molar-refractivity contribution is 0.219. The highest BCUT2D eigenvalue weighted by Crippen LogP contribution is 2.51. The first-order chi connectivity index (χ1) is 10.6. The van der Waals surface area contributed by atoms with Crippen LogP contribution in [0.2, 0.25) is 0 Å². The molecule has 22 heavy (non-hydrogen) atoms. The number of hydrogen-bond acceptors (Lipinski definition) is 6. The van der Waals surface area contributed by atoms with Crippen molar-refractivity contribution in [2.24, 2.45) is 0 Å². The Morgan fingerprint density at radius 3 is 2.36 bits per heavy atom. The van der Waals surface area contributed by atoms with Gasteiger partial charge in [-0.1, -0.05) is 12.1 Å². The lowest BCUT2D eigenvalue weighted by Crippen LogP contribution is -1.99. The van der Waals surface area contributed by atoms with Crippen molar-refractivity contribution in [2.75, 3.05) is 13.2 Å². The molecule has 0 aliphatic heterocycles. The second-order valence-electron chi connectivity index (χ2n) is 4.39. The van der Waals surface area contributed by atoms with E-state index in [1.165, 1.54) is 0 Å². The van der Waals surface area contributed by atoms with Crippen LogP contribution in [-0.2, 0) is 19.8 Å². The summed E-state index contributed by atoms with van der Waals surface area (Å²) in [5.41, 5.74) is 0.804. The quantitative estimate of drug-likeness (QED) is 0.683. The van der Waals surface area contributed by atoms with Crippen molar-refractivity contribution in [2.45, 2.75) is 20.0 Å². The lowest BCUT2D eigenvalue weighted by Gasteiger charge is -2.17. The third-order valence-electron chi connectivity index (χ3n) is 2.68. The largest absolute Gasteiger partial charge is 0.424 e. The van der Waals surface area contributed by atoms with Crippen molar-refractivity contribution >= 4 is 7.60 Å². The fraction of sp³-hybridized carbons (Fsp3) is 0.333. The molecule has 0 spiro atoms. The van der Waals surface area contributed by atoms with E-state index in [0.29, 0.717) is 19.0 Å². The average molecular weight is 322 g/mol. The molecule has 2 aromatic rings. The normalized spacial score (nSPS) is 11.4. The van der Waals surface area contributed by atoms with Gasteiger partial charge in [0.15, 0.2) is 0 Å². The minimum atomic E-state index is -3.13.